The van der Waals surface area contributed by atoms with Gasteiger partial charge in [-0.3, -0.25) is 0 Å². The summed E-state index contributed by atoms with van der Waals surface area (Å²) in [4.78, 5) is 0. The molecule has 0 radical (unpaired) electrons. The Morgan fingerprint density at radius 2 is 2.00 bits per heavy atom. The molecule has 0 saturated carbocycles. The number of rotatable bonds is 1. The second-order valence-corrected chi connectivity index (χ2v) is 5.81. The molecule has 0 bridgehead atoms. The molecule has 104 valence electrons. The van der Waals surface area contributed by atoms with E-state index in [0.717, 1.165) is 43.5 Å². The van der Waals surface area contributed by atoms with Gasteiger partial charge in [-0.15, -0.1) is 0 Å². The molecule has 1 aromatic rings. The number of fused-ring (bicyclic) bond motifs is 1. The van der Waals surface area contributed by atoms with Gasteiger partial charge in [0.05, 0.1) is 17.7 Å². The van der Waals surface area contributed by atoms with Crippen LogP contribution in [0.3, 0.4) is 0 Å². The van der Waals surface area contributed by atoms with Crippen molar-refractivity contribution in [2.45, 2.75) is 38.7 Å². The van der Waals surface area contributed by atoms with Crippen molar-refractivity contribution in [3.8, 4) is 5.75 Å². The largest absolute Gasteiger partial charge is 0.506 e. The van der Waals surface area contributed by atoms with Crippen molar-refractivity contribution in [2.24, 2.45) is 0 Å². The molecule has 19 heavy (non-hydrogen) atoms. The summed E-state index contributed by atoms with van der Waals surface area (Å²) < 4.78 is 5.79. The first-order valence-electron chi connectivity index (χ1n) is 7.05. The quantitative estimate of drug-likeness (QED) is 0.832. The predicted octanol–water partition coefficient (Wildman–Crippen LogP) is 2.89. The van der Waals surface area contributed by atoms with Gasteiger partial charge in [-0.1, -0.05) is 11.6 Å². The van der Waals surface area contributed by atoms with Gasteiger partial charge in [-0.05, 0) is 49.3 Å². The molecule has 1 unspecified atom stereocenters. The van der Waals surface area contributed by atoms with Crippen LogP contribution in [0, 0.1) is 6.92 Å². The van der Waals surface area contributed by atoms with Crippen LogP contribution in [0.2, 0.25) is 5.02 Å². The standard InChI is InChI=1S/C15H20ClNO2/c1-9-10-4-2-3-5-11(10)14(16)15(18)13(9)12-8-17-6-7-19-12/h12,17-18H,2-8H2,1H3. The van der Waals surface area contributed by atoms with E-state index >= 15 is 0 Å². The SMILES string of the molecule is Cc1c2c(c(Cl)c(O)c1C1CNCCO1)CCCC2. The number of phenolic OH excluding ortho intramolecular Hbond substituents is 1. The highest BCUT2D eigenvalue weighted by Gasteiger charge is 2.28. The van der Waals surface area contributed by atoms with Gasteiger partial charge in [0.15, 0.2) is 0 Å². The van der Waals surface area contributed by atoms with Crippen LogP contribution in [-0.2, 0) is 17.6 Å². The Balaban J connectivity index is 2.10. The third kappa shape index (κ3) is 2.24. The highest BCUT2D eigenvalue weighted by atomic mass is 35.5. The fourth-order valence-corrected chi connectivity index (χ4v) is 3.62. The Morgan fingerprint density at radius 1 is 1.26 bits per heavy atom. The summed E-state index contributed by atoms with van der Waals surface area (Å²) in [6.45, 7) is 4.38. The third-order valence-electron chi connectivity index (χ3n) is 4.30. The van der Waals surface area contributed by atoms with Crippen molar-refractivity contribution in [1.29, 1.82) is 0 Å². The van der Waals surface area contributed by atoms with Gasteiger partial charge < -0.3 is 15.2 Å². The fraction of sp³-hybridized carbons (Fsp3) is 0.600. The number of hydrogen-bond acceptors (Lipinski definition) is 3. The van der Waals surface area contributed by atoms with Crippen LogP contribution in [0.25, 0.3) is 0 Å². The minimum atomic E-state index is -0.0847. The highest BCUT2D eigenvalue weighted by Crippen LogP contribution is 2.43. The van der Waals surface area contributed by atoms with Crippen LogP contribution in [0.5, 0.6) is 5.75 Å². The predicted molar refractivity (Wildman–Crippen MR) is 76.1 cm³/mol. The molecule has 3 nitrogen and oxygen atoms in total. The van der Waals surface area contributed by atoms with Crippen LogP contribution < -0.4 is 5.32 Å². The molecule has 1 aliphatic heterocycles. The van der Waals surface area contributed by atoms with Gasteiger partial charge in [0.25, 0.3) is 0 Å². The van der Waals surface area contributed by atoms with E-state index in [9.17, 15) is 5.11 Å². The maximum absolute atomic E-state index is 10.4. The number of phenols is 1. The molecular weight excluding hydrogens is 262 g/mol. The lowest BCUT2D eigenvalue weighted by atomic mass is 9.84. The van der Waals surface area contributed by atoms with E-state index in [-0.39, 0.29) is 11.9 Å². The second-order valence-electron chi connectivity index (χ2n) is 5.43. The fourth-order valence-electron chi connectivity index (χ4n) is 3.31. The molecule has 2 N–H and O–H groups in total. The first-order valence-corrected chi connectivity index (χ1v) is 7.43. The van der Waals surface area contributed by atoms with E-state index in [1.807, 2.05) is 0 Å². The summed E-state index contributed by atoms with van der Waals surface area (Å²) in [5, 5.41) is 14.3. The molecule has 4 heteroatoms. The van der Waals surface area contributed by atoms with E-state index in [1.54, 1.807) is 0 Å². The minimum absolute atomic E-state index is 0.0847. The molecule has 1 aliphatic carbocycles. The van der Waals surface area contributed by atoms with Crippen molar-refractivity contribution in [3.05, 3.63) is 27.3 Å². The van der Waals surface area contributed by atoms with E-state index in [4.69, 9.17) is 16.3 Å². The molecule has 1 saturated heterocycles. The number of aromatic hydroxyl groups is 1. The normalized spacial score (nSPS) is 23.2. The van der Waals surface area contributed by atoms with E-state index in [2.05, 4.69) is 12.2 Å². The number of ether oxygens (including phenoxy) is 1. The van der Waals surface area contributed by atoms with E-state index in [1.165, 1.54) is 17.5 Å². The van der Waals surface area contributed by atoms with Gasteiger partial charge >= 0.3 is 0 Å². The van der Waals surface area contributed by atoms with Crippen LogP contribution in [0.15, 0.2) is 0 Å². The van der Waals surface area contributed by atoms with Crippen LogP contribution in [0.1, 0.15) is 41.2 Å². The zero-order valence-corrected chi connectivity index (χ0v) is 12.0. The summed E-state index contributed by atoms with van der Waals surface area (Å²) in [6.07, 6.45) is 4.32. The topological polar surface area (TPSA) is 41.5 Å². The lowest BCUT2D eigenvalue weighted by Crippen LogP contribution is -2.34. The smallest absolute Gasteiger partial charge is 0.140 e. The van der Waals surface area contributed by atoms with Crippen molar-refractivity contribution in [2.75, 3.05) is 19.7 Å². The van der Waals surface area contributed by atoms with Gasteiger partial charge in [0, 0.05) is 18.7 Å². The van der Waals surface area contributed by atoms with Gasteiger partial charge in [0.2, 0.25) is 0 Å². The summed E-state index contributed by atoms with van der Waals surface area (Å²) in [7, 11) is 0. The average molecular weight is 282 g/mol. The monoisotopic (exact) mass is 281 g/mol. The summed E-state index contributed by atoms with van der Waals surface area (Å²) >= 11 is 6.38. The van der Waals surface area contributed by atoms with E-state index < -0.39 is 0 Å². The van der Waals surface area contributed by atoms with Gasteiger partial charge in [-0.25, -0.2) is 0 Å². The van der Waals surface area contributed by atoms with Gasteiger partial charge in [-0.2, -0.15) is 0 Å². The van der Waals surface area contributed by atoms with Crippen molar-refractivity contribution in [3.63, 3.8) is 0 Å². The molecule has 1 heterocycles. The number of benzene rings is 1. The second kappa shape index (κ2) is 5.31. The van der Waals surface area contributed by atoms with Crippen molar-refractivity contribution in [1.82, 2.24) is 5.32 Å². The summed E-state index contributed by atoms with van der Waals surface area (Å²) in [5.41, 5.74) is 4.54. The highest BCUT2D eigenvalue weighted by molar-refractivity contribution is 6.33. The zero-order valence-electron chi connectivity index (χ0n) is 11.3. The summed E-state index contributed by atoms with van der Waals surface area (Å²) in [6, 6.07) is 0. The Labute approximate surface area is 118 Å². The van der Waals surface area contributed by atoms with Crippen LogP contribution in [-0.4, -0.2) is 24.8 Å². The minimum Gasteiger partial charge on any atom is -0.506 e. The Hall–Kier alpha value is -0.770. The third-order valence-corrected chi connectivity index (χ3v) is 4.71. The summed E-state index contributed by atoms with van der Waals surface area (Å²) in [5.74, 6) is 0.230. The van der Waals surface area contributed by atoms with Crippen molar-refractivity contribution < 1.29 is 9.84 Å². The number of morpholine rings is 1. The number of halogens is 1. The maximum Gasteiger partial charge on any atom is 0.140 e. The Kier molecular flexibility index (Phi) is 3.70. The van der Waals surface area contributed by atoms with Crippen LogP contribution >= 0.6 is 11.6 Å². The number of hydrogen-bond donors (Lipinski definition) is 2. The molecular formula is C15H20ClNO2. The van der Waals surface area contributed by atoms with E-state index in [0.29, 0.717) is 11.6 Å². The van der Waals surface area contributed by atoms with Crippen molar-refractivity contribution >= 4 is 11.6 Å². The first kappa shape index (κ1) is 13.2. The Morgan fingerprint density at radius 3 is 2.68 bits per heavy atom. The molecule has 0 spiro atoms. The molecule has 0 aromatic heterocycles. The van der Waals surface area contributed by atoms with Crippen LogP contribution in [0.4, 0.5) is 0 Å². The molecule has 1 aromatic carbocycles. The molecule has 0 amide bonds. The maximum atomic E-state index is 10.4. The lowest BCUT2D eigenvalue weighted by molar-refractivity contribution is 0.0258. The number of nitrogens with one attached hydrogen (secondary N) is 1. The first-order chi connectivity index (χ1) is 9.20. The Bertz CT molecular complexity index is 496. The van der Waals surface area contributed by atoms with Gasteiger partial charge in [0.1, 0.15) is 5.75 Å². The molecule has 2 aliphatic rings. The molecule has 1 atom stereocenters. The molecule has 3 rings (SSSR count). The average Bonchev–Trinajstić information content (AvgIpc) is 2.46. The molecule has 1 fully saturated rings. The zero-order chi connectivity index (χ0) is 13.4. The lowest BCUT2D eigenvalue weighted by Gasteiger charge is -2.29.